The highest BCUT2D eigenvalue weighted by Crippen LogP contribution is 2.07. The van der Waals surface area contributed by atoms with Gasteiger partial charge in [-0.05, 0) is 31.7 Å². The molecular weight excluding hydrogens is 214 g/mol. The molecule has 1 fully saturated rings. The first-order valence-corrected chi connectivity index (χ1v) is 7.10. The highest BCUT2D eigenvalue weighted by Gasteiger charge is 2.22. The molecular formula is C14H31NO2. The van der Waals surface area contributed by atoms with Crippen LogP contribution in [-0.2, 0) is 9.53 Å². The molecule has 1 atom stereocenters. The molecule has 0 bridgehead atoms. The van der Waals surface area contributed by atoms with E-state index in [2.05, 4.69) is 19.2 Å². The summed E-state index contributed by atoms with van der Waals surface area (Å²) in [6.45, 7) is 13.8. The summed E-state index contributed by atoms with van der Waals surface area (Å²) in [5.74, 6) is 0.530. The molecule has 0 spiro atoms. The first-order valence-electron chi connectivity index (χ1n) is 7.10. The van der Waals surface area contributed by atoms with Crippen molar-refractivity contribution in [3.05, 3.63) is 0 Å². The van der Waals surface area contributed by atoms with Crippen LogP contribution in [-0.4, -0.2) is 25.2 Å². The molecule has 1 aliphatic rings. The van der Waals surface area contributed by atoms with Crippen LogP contribution in [0, 0.1) is 5.92 Å². The van der Waals surface area contributed by atoms with E-state index in [0.717, 1.165) is 25.8 Å². The van der Waals surface area contributed by atoms with Crippen molar-refractivity contribution in [1.82, 2.24) is 5.32 Å². The molecule has 0 aromatic carbocycles. The average molecular weight is 245 g/mol. The Kier molecular flexibility index (Phi) is 14.9. The number of esters is 1. The Hall–Kier alpha value is -0.570. The molecule has 0 aromatic heterocycles. The normalized spacial score (nSPS) is 17.7. The molecule has 1 N–H and O–H groups in total. The molecule has 1 aliphatic heterocycles. The van der Waals surface area contributed by atoms with Gasteiger partial charge >= 0.3 is 5.97 Å². The maximum Gasteiger partial charge on any atom is 0.323 e. The standard InChI is InChI=1S/C10H19NO2.2C2H6/c1-8(2)5-7-13-10(12)9-4-3-6-11-9;2*1-2/h8-9,11H,3-7H2,1-2H3;2*1-2H3. The molecule has 3 nitrogen and oxygen atoms in total. The zero-order valence-corrected chi connectivity index (χ0v) is 12.5. The minimum Gasteiger partial charge on any atom is -0.465 e. The molecule has 0 saturated carbocycles. The van der Waals surface area contributed by atoms with Gasteiger partial charge in [-0.2, -0.15) is 0 Å². The number of carbonyl (C=O) groups is 1. The summed E-state index contributed by atoms with van der Waals surface area (Å²) in [7, 11) is 0. The van der Waals surface area contributed by atoms with Gasteiger partial charge in [0.25, 0.3) is 0 Å². The highest BCUT2D eigenvalue weighted by atomic mass is 16.5. The van der Waals surface area contributed by atoms with E-state index in [1.54, 1.807) is 0 Å². The van der Waals surface area contributed by atoms with Crippen LogP contribution in [0.1, 0.15) is 60.8 Å². The second kappa shape index (κ2) is 13.5. The van der Waals surface area contributed by atoms with Gasteiger partial charge in [-0.3, -0.25) is 4.79 Å². The van der Waals surface area contributed by atoms with Crippen LogP contribution in [0.5, 0.6) is 0 Å². The van der Waals surface area contributed by atoms with E-state index >= 15 is 0 Å². The van der Waals surface area contributed by atoms with Crippen LogP contribution in [0.15, 0.2) is 0 Å². The van der Waals surface area contributed by atoms with Crippen LogP contribution in [0.4, 0.5) is 0 Å². The van der Waals surface area contributed by atoms with E-state index in [1.807, 2.05) is 27.7 Å². The molecule has 0 amide bonds. The fourth-order valence-corrected chi connectivity index (χ4v) is 1.38. The van der Waals surface area contributed by atoms with Gasteiger partial charge in [0.05, 0.1) is 6.61 Å². The van der Waals surface area contributed by atoms with Crippen LogP contribution in [0.2, 0.25) is 0 Å². The predicted octanol–water partition coefficient (Wildman–Crippen LogP) is 3.38. The Morgan fingerprint density at radius 1 is 1.29 bits per heavy atom. The number of rotatable bonds is 4. The quantitative estimate of drug-likeness (QED) is 0.772. The van der Waals surface area contributed by atoms with Crippen molar-refractivity contribution < 1.29 is 9.53 Å². The van der Waals surface area contributed by atoms with Gasteiger partial charge in [0.2, 0.25) is 0 Å². The van der Waals surface area contributed by atoms with E-state index in [0.29, 0.717) is 12.5 Å². The summed E-state index contributed by atoms with van der Waals surface area (Å²) >= 11 is 0. The van der Waals surface area contributed by atoms with Crippen molar-refractivity contribution in [2.24, 2.45) is 5.92 Å². The Balaban J connectivity index is 0. The Labute approximate surface area is 107 Å². The zero-order valence-electron chi connectivity index (χ0n) is 12.5. The molecule has 3 heteroatoms. The van der Waals surface area contributed by atoms with E-state index < -0.39 is 0 Å². The smallest absolute Gasteiger partial charge is 0.323 e. The average Bonchev–Trinajstić information content (AvgIpc) is 2.87. The zero-order chi connectivity index (χ0) is 13.7. The molecule has 0 radical (unpaired) electrons. The summed E-state index contributed by atoms with van der Waals surface area (Å²) in [4.78, 5) is 11.3. The summed E-state index contributed by atoms with van der Waals surface area (Å²) in [5, 5.41) is 3.12. The second-order valence-corrected chi connectivity index (χ2v) is 4.00. The fraction of sp³-hybridized carbons (Fsp3) is 0.929. The topological polar surface area (TPSA) is 38.3 Å². The SMILES string of the molecule is CC.CC.CC(C)CCOC(=O)C1CCCN1. The van der Waals surface area contributed by atoms with E-state index in [-0.39, 0.29) is 12.0 Å². The number of hydrogen-bond acceptors (Lipinski definition) is 3. The largest absolute Gasteiger partial charge is 0.465 e. The predicted molar refractivity (Wildman–Crippen MR) is 74.1 cm³/mol. The van der Waals surface area contributed by atoms with Gasteiger partial charge < -0.3 is 10.1 Å². The number of carbonyl (C=O) groups excluding carboxylic acids is 1. The Bertz CT molecular complexity index is 164. The van der Waals surface area contributed by atoms with Crippen molar-refractivity contribution in [2.75, 3.05) is 13.2 Å². The fourth-order valence-electron chi connectivity index (χ4n) is 1.38. The third-order valence-corrected chi connectivity index (χ3v) is 2.28. The lowest BCUT2D eigenvalue weighted by atomic mass is 10.1. The lowest BCUT2D eigenvalue weighted by molar-refractivity contribution is -0.146. The van der Waals surface area contributed by atoms with Gasteiger partial charge in [0.1, 0.15) is 6.04 Å². The van der Waals surface area contributed by atoms with Crippen molar-refractivity contribution in [1.29, 1.82) is 0 Å². The minimum atomic E-state index is -0.0712. The minimum absolute atomic E-state index is 0.0350. The molecule has 1 rings (SSSR count). The molecule has 1 unspecified atom stereocenters. The van der Waals surface area contributed by atoms with Crippen LogP contribution < -0.4 is 5.32 Å². The van der Waals surface area contributed by atoms with Crippen LogP contribution in [0.25, 0.3) is 0 Å². The van der Waals surface area contributed by atoms with Gasteiger partial charge in [0.15, 0.2) is 0 Å². The molecule has 104 valence electrons. The summed E-state index contributed by atoms with van der Waals surface area (Å²) < 4.78 is 5.14. The Morgan fingerprint density at radius 3 is 2.29 bits per heavy atom. The maximum absolute atomic E-state index is 11.3. The summed E-state index contributed by atoms with van der Waals surface area (Å²) in [6.07, 6.45) is 2.98. The van der Waals surface area contributed by atoms with Crippen molar-refractivity contribution in [2.45, 2.75) is 66.8 Å². The van der Waals surface area contributed by atoms with Crippen LogP contribution >= 0.6 is 0 Å². The number of hydrogen-bond donors (Lipinski definition) is 1. The highest BCUT2D eigenvalue weighted by molar-refractivity contribution is 5.76. The molecule has 1 saturated heterocycles. The molecule has 0 aromatic rings. The van der Waals surface area contributed by atoms with E-state index in [1.165, 1.54) is 0 Å². The third kappa shape index (κ3) is 10.3. The van der Waals surface area contributed by atoms with Gasteiger partial charge in [-0.25, -0.2) is 0 Å². The van der Waals surface area contributed by atoms with Gasteiger partial charge in [-0.15, -0.1) is 0 Å². The number of nitrogens with one attached hydrogen (secondary N) is 1. The molecule has 0 aliphatic carbocycles. The first kappa shape index (κ1) is 18.8. The lowest BCUT2D eigenvalue weighted by Crippen LogP contribution is -2.32. The third-order valence-electron chi connectivity index (χ3n) is 2.28. The Morgan fingerprint density at radius 2 is 1.88 bits per heavy atom. The second-order valence-electron chi connectivity index (χ2n) is 4.00. The van der Waals surface area contributed by atoms with E-state index in [4.69, 9.17) is 4.74 Å². The first-order chi connectivity index (χ1) is 8.20. The summed E-state index contributed by atoms with van der Waals surface area (Å²) in [6, 6.07) is -0.0350. The summed E-state index contributed by atoms with van der Waals surface area (Å²) in [5.41, 5.74) is 0. The maximum atomic E-state index is 11.3. The van der Waals surface area contributed by atoms with Gasteiger partial charge in [0, 0.05) is 0 Å². The molecule has 17 heavy (non-hydrogen) atoms. The van der Waals surface area contributed by atoms with E-state index in [9.17, 15) is 4.79 Å². The lowest BCUT2D eigenvalue weighted by Gasteiger charge is -2.10. The van der Waals surface area contributed by atoms with Crippen molar-refractivity contribution in [3.63, 3.8) is 0 Å². The van der Waals surface area contributed by atoms with Crippen LogP contribution in [0.3, 0.4) is 0 Å². The van der Waals surface area contributed by atoms with Crippen molar-refractivity contribution >= 4 is 5.97 Å². The van der Waals surface area contributed by atoms with Gasteiger partial charge in [-0.1, -0.05) is 41.5 Å². The number of ether oxygens (including phenoxy) is 1. The van der Waals surface area contributed by atoms with Crippen molar-refractivity contribution in [3.8, 4) is 0 Å². The molecule has 1 heterocycles. The monoisotopic (exact) mass is 245 g/mol.